The van der Waals surface area contributed by atoms with Crippen LogP contribution in [-0.4, -0.2) is 115 Å². The summed E-state index contributed by atoms with van der Waals surface area (Å²) in [6.45, 7) is 12.4. The van der Waals surface area contributed by atoms with Crippen LogP contribution in [0.1, 0.15) is 105 Å². The monoisotopic (exact) mass is 881 g/mol. The first-order chi connectivity index (χ1) is 27.4. The van der Waals surface area contributed by atoms with Crippen LogP contribution in [-0.2, 0) is 44.8 Å². The van der Waals surface area contributed by atoms with Crippen molar-refractivity contribution in [2.45, 2.75) is 112 Å². The zero-order valence-corrected chi connectivity index (χ0v) is 38.4. The molecular formula is C41H63N5O10S3. The summed E-state index contributed by atoms with van der Waals surface area (Å²) in [6, 6.07) is 8.23. The number of carbonyl (C=O) groups is 8. The molecule has 0 spiro atoms. The molecule has 2 heterocycles. The van der Waals surface area contributed by atoms with Crippen LogP contribution in [0.5, 0.6) is 0 Å². The van der Waals surface area contributed by atoms with Crippen LogP contribution < -0.4 is 10.6 Å². The van der Waals surface area contributed by atoms with Crippen LogP contribution in [0.4, 0.5) is 5.69 Å². The van der Waals surface area contributed by atoms with Gasteiger partial charge in [-0.1, -0.05) is 71.2 Å². The summed E-state index contributed by atoms with van der Waals surface area (Å²) in [5.74, 6) is -2.53. The zero-order chi connectivity index (χ0) is 46.0. The van der Waals surface area contributed by atoms with E-state index in [-0.39, 0.29) is 65.2 Å². The molecule has 0 bridgehead atoms. The van der Waals surface area contributed by atoms with E-state index in [2.05, 4.69) is 29.7 Å². The normalized spacial score (nSPS) is 16.3. The summed E-state index contributed by atoms with van der Waals surface area (Å²) < 4.78 is 0. The van der Waals surface area contributed by atoms with Gasteiger partial charge < -0.3 is 26.3 Å². The first-order valence-electron chi connectivity index (χ1n) is 19.2. The predicted molar refractivity (Wildman–Crippen MR) is 240 cm³/mol. The number of thioether (sulfide) groups is 1. The highest BCUT2D eigenvalue weighted by Gasteiger charge is 2.36. The fourth-order valence-electron chi connectivity index (χ4n) is 4.81. The predicted octanol–water partition coefficient (Wildman–Crippen LogP) is 6.00. The van der Waals surface area contributed by atoms with E-state index in [1.165, 1.54) is 55.2 Å². The van der Waals surface area contributed by atoms with Crippen LogP contribution in [0, 0.1) is 23.2 Å². The number of aliphatic carboxylic acids is 2. The van der Waals surface area contributed by atoms with E-state index in [0.29, 0.717) is 25.0 Å². The standard InChI is InChI=1S/C12H15NS2.C10H16N2O2S.C7H12O3.C6H11NO3.C6H9NO2/c1-3-12(15)8-10-4-6-11(7-5-10)13-9(2)14;1-7(11)4-3-5-15-8-6-9(13)12(2)10(8)14;1-3-6(8)5(2)4-7(9)10;1-4(6(9)10)3-5(8)7-2;1-4-3-5(8)7(2)6(4)9/h4-7H,3,8H2,1-2H3,(H,13,14);8,11H,3-6H2,1-2H3;5H,3-4H2,1-2H3,(H,9,10);4H,3H2,1-2H3,(H,7,8)(H,9,10);4H,3H2,1-2H3. The number of hydrogen-bond acceptors (Lipinski definition) is 12. The molecule has 0 aromatic heterocycles. The largest absolute Gasteiger partial charge is 0.481 e. The molecule has 3 rings (SSSR count). The molecule has 2 saturated heterocycles. The van der Waals surface area contributed by atoms with Gasteiger partial charge in [-0.25, -0.2) is 0 Å². The number of likely N-dealkylation sites (tertiary alicyclic amines) is 2. The van der Waals surface area contributed by atoms with Crippen LogP contribution in [0.25, 0.3) is 0 Å². The van der Waals surface area contributed by atoms with Gasteiger partial charge in [-0.3, -0.25) is 48.2 Å². The molecule has 5 N–H and O–H groups in total. The van der Waals surface area contributed by atoms with E-state index in [9.17, 15) is 38.4 Å². The molecule has 0 saturated carbocycles. The first-order valence-corrected chi connectivity index (χ1v) is 21.1. The molecule has 2 aliphatic heterocycles. The maximum Gasteiger partial charge on any atom is 0.306 e. The molecule has 1 aromatic carbocycles. The maximum atomic E-state index is 11.5. The average Bonchev–Trinajstić information content (AvgIpc) is 3.55. The number of hydrogen-bond donors (Lipinski definition) is 5. The minimum Gasteiger partial charge on any atom is -0.481 e. The van der Waals surface area contributed by atoms with Crippen molar-refractivity contribution < 1.29 is 48.6 Å². The van der Waals surface area contributed by atoms with Crippen molar-refractivity contribution in [3.05, 3.63) is 29.8 Å². The number of carboxylic acid groups (broad SMARTS) is 2. The van der Waals surface area contributed by atoms with E-state index in [4.69, 9.17) is 40.1 Å². The highest BCUT2D eigenvalue weighted by atomic mass is 32.2. The molecule has 0 aliphatic carbocycles. The third kappa shape index (κ3) is 25.6. The van der Waals surface area contributed by atoms with E-state index in [1.54, 1.807) is 27.7 Å². The number of benzene rings is 1. The third-order valence-electron chi connectivity index (χ3n) is 8.60. The van der Waals surface area contributed by atoms with Gasteiger partial charge in [-0.15, -0.1) is 11.8 Å². The lowest BCUT2D eigenvalue weighted by Gasteiger charge is -2.07. The van der Waals surface area contributed by atoms with Crippen molar-refractivity contribution in [2.24, 2.45) is 17.8 Å². The molecule has 0 radical (unpaired) electrons. The molecule has 59 heavy (non-hydrogen) atoms. The highest BCUT2D eigenvalue weighted by Crippen LogP contribution is 2.25. The molecule has 2 fully saturated rings. The Morgan fingerprint density at radius 2 is 1.42 bits per heavy atom. The number of thiocarbonyl (C=S) groups is 2. The fraction of sp³-hybridized carbons (Fsp3) is 0.585. The number of nitrogens with zero attached hydrogens (tertiary/aromatic N) is 2. The molecule has 15 nitrogen and oxygen atoms in total. The van der Waals surface area contributed by atoms with Gasteiger partial charge in [0.25, 0.3) is 0 Å². The van der Waals surface area contributed by atoms with Crippen molar-refractivity contribution in [2.75, 3.05) is 32.2 Å². The van der Waals surface area contributed by atoms with Gasteiger partial charge >= 0.3 is 11.9 Å². The Balaban J connectivity index is 0. The summed E-state index contributed by atoms with van der Waals surface area (Å²) >= 11 is 11.7. The third-order valence-corrected chi connectivity index (χ3v) is 10.4. The summed E-state index contributed by atoms with van der Waals surface area (Å²) in [6.07, 6.45) is 4.68. The molecule has 1 aromatic rings. The summed E-state index contributed by atoms with van der Waals surface area (Å²) in [5, 5.41) is 29.1. The molecule has 18 heteroatoms. The van der Waals surface area contributed by atoms with Crippen LogP contribution in [0.2, 0.25) is 0 Å². The Morgan fingerprint density at radius 1 is 0.881 bits per heavy atom. The van der Waals surface area contributed by atoms with Gasteiger partial charge in [0.1, 0.15) is 5.78 Å². The lowest BCUT2D eigenvalue weighted by molar-refractivity contribution is -0.143. The van der Waals surface area contributed by atoms with Crippen molar-refractivity contribution in [1.82, 2.24) is 15.1 Å². The van der Waals surface area contributed by atoms with Gasteiger partial charge in [0, 0.05) is 76.5 Å². The van der Waals surface area contributed by atoms with E-state index in [1.807, 2.05) is 19.1 Å². The van der Waals surface area contributed by atoms with Crippen molar-refractivity contribution >= 4 is 105 Å². The minimum absolute atomic E-state index is 0.0161. The molecule has 5 amide bonds. The van der Waals surface area contributed by atoms with E-state index in [0.717, 1.165) is 47.0 Å². The van der Waals surface area contributed by atoms with Crippen LogP contribution in [0.15, 0.2) is 24.3 Å². The lowest BCUT2D eigenvalue weighted by atomic mass is 10.0. The number of anilines is 1. The fourth-order valence-corrected chi connectivity index (χ4v) is 6.25. The number of rotatable bonds is 16. The summed E-state index contributed by atoms with van der Waals surface area (Å²) in [7, 11) is 4.54. The SMILES string of the molecule is CC(=N)CCCSC1CC(=O)N(C)C1=O.CC1CC(=O)N(C)C1=O.CCC(=O)C(C)CC(=O)O.CCC(=S)Cc1ccc(NC(C)=S)cc1.CNC(=O)CC(C)C(=O)O. The summed E-state index contributed by atoms with van der Waals surface area (Å²) in [5.41, 5.74) is 2.96. The highest BCUT2D eigenvalue weighted by molar-refractivity contribution is 8.00. The quantitative estimate of drug-likeness (QED) is 0.0556. The molecule has 4 atom stereocenters. The Bertz CT molecular complexity index is 1640. The second kappa shape index (κ2) is 30.6. The Labute approximate surface area is 363 Å². The van der Waals surface area contributed by atoms with Gasteiger partial charge in [0.05, 0.1) is 22.6 Å². The number of nitrogens with one attached hydrogen (secondary N) is 3. The number of carboxylic acids is 2. The summed E-state index contributed by atoms with van der Waals surface area (Å²) in [4.78, 5) is 90.1. The van der Waals surface area contributed by atoms with Gasteiger partial charge in [0.15, 0.2) is 0 Å². The first kappa shape index (κ1) is 56.7. The Morgan fingerprint density at radius 3 is 1.78 bits per heavy atom. The molecule has 2 aliphatic rings. The maximum absolute atomic E-state index is 11.5. The van der Waals surface area contributed by atoms with Crippen LogP contribution >= 0.6 is 36.2 Å². The van der Waals surface area contributed by atoms with E-state index < -0.39 is 17.9 Å². The number of imide groups is 2. The minimum atomic E-state index is -0.941. The number of ketones is 1. The molecular weight excluding hydrogens is 819 g/mol. The molecule has 330 valence electrons. The van der Waals surface area contributed by atoms with Gasteiger partial charge in [-0.05, 0) is 61.4 Å². The van der Waals surface area contributed by atoms with Crippen molar-refractivity contribution in [1.29, 1.82) is 5.41 Å². The van der Waals surface area contributed by atoms with E-state index >= 15 is 0 Å². The van der Waals surface area contributed by atoms with Crippen LogP contribution in [0.3, 0.4) is 0 Å². The second-order valence-electron chi connectivity index (χ2n) is 14.0. The Hall–Kier alpha value is -4.42. The van der Waals surface area contributed by atoms with Crippen molar-refractivity contribution in [3.63, 3.8) is 0 Å². The molecule has 4 unspecified atom stereocenters. The number of amides is 5. The number of carbonyl (C=O) groups excluding carboxylic acids is 6. The van der Waals surface area contributed by atoms with Crippen molar-refractivity contribution in [3.8, 4) is 0 Å². The Kier molecular flexibility index (Phi) is 29.4. The lowest BCUT2D eigenvalue weighted by Crippen LogP contribution is -2.26. The van der Waals surface area contributed by atoms with Gasteiger partial charge in [-0.2, -0.15) is 0 Å². The second-order valence-corrected chi connectivity index (χ2v) is 16.5. The topological polar surface area (TPSA) is 231 Å². The van der Waals surface area contributed by atoms with Gasteiger partial charge in [0.2, 0.25) is 29.5 Å². The average molecular weight is 882 g/mol. The number of Topliss-reactive ketones (excluding diaryl/α,β-unsaturated/α-hetero) is 1. The smallest absolute Gasteiger partial charge is 0.306 e. The zero-order valence-electron chi connectivity index (χ0n) is 36.0.